The SMILES string of the molecule is BrCC1(C2CCCCO2)CCC1. The van der Waals surface area contributed by atoms with Gasteiger partial charge < -0.3 is 4.74 Å². The van der Waals surface area contributed by atoms with E-state index >= 15 is 0 Å². The van der Waals surface area contributed by atoms with Crippen molar-refractivity contribution in [1.82, 2.24) is 0 Å². The van der Waals surface area contributed by atoms with Crippen LogP contribution in [-0.4, -0.2) is 18.0 Å². The molecule has 1 aliphatic heterocycles. The zero-order valence-electron chi connectivity index (χ0n) is 7.52. The monoisotopic (exact) mass is 232 g/mol. The van der Waals surface area contributed by atoms with Gasteiger partial charge in [0.2, 0.25) is 0 Å². The largest absolute Gasteiger partial charge is 0.378 e. The van der Waals surface area contributed by atoms with Gasteiger partial charge in [0.25, 0.3) is 0 Å². The predicted octanol–water partition coefficient (Wildman–Crippen LogP) is 3.12. The van der Waals surface area contributed by atoms with Gasteiger partial charge in [-0.25, -0.2) is 0 Å². The molecule has 1 aliphatic carbocycles. The van der Waals surface area contributed by atoms with Gasteiger partial charge in [-0.1, -0.05) is 22.4 Å². The van der Waals surface area contributed by atoms with Crippen molar-refractivity contribution in [2.75, 3.05) is 11.9 Å². The minimum atomic E-state index is 0.528. The molecule has 1 heterocycles. The minimum absolute atomic E-state index is 0.528. The Labute approximate surface area is 83.0 Å². The molecule has 1 saturated carbocycles. The summed E-state index contributed by atoms with van der Waals surface area (Å²) in [5.74, 6) is 0. The van der Waals surface area contributed by atoms with Crippen LogP contribution in [0.3, 0.4) is 0 Å². The third-order valence-electron chi connectivity index (χ3n) is 3.48. The fraction of sp³-hybridized carbons (Fsp3) is 1.00. The standard InChI is InChI=1S/C10H17BrO/c11-8-10(5-3-6-10)9-4-1-2-7-12-9/h9H,1-8H2. The van der Waals surface area contributed by atoms with E-state index in [-0.39, 0.29) is 0 Å². The topological polar surface area (TPSA) is 9.23 Å². The molecule has 0 aromatic heterocycles. The molecule has 12 heavy (non-hydrogen) atoms. The second-order valence-corrected chi connectivity index (χ2v) is 4.77. The Morgan fingerprint density at radius 1 is 1.25 bits per heavy atom. The molecule has 0 spiro atoms. The molecule has 1 atom stereocenters. The number of ether oxygens (including phenoxy) is 1. The van der Waals surface area contributed by atoms with Crippen molar-refractivity contribution in [2.24, 2.45) is 5.41 Å². The van der Waals surface area contributed by atoms with Crippen molar-refractivity contribution in [3.05, 3.63) is 0 Å². The molecule has 0 N–H and O–H groups in total. The Kier molecular flexibility index (Phi) is 2.75. The fourth-order valence-electron chi connectivity index (χ4n) is 2.40. The summed E-state index contributed by atoms with van der Waals surface area (Å²) in [7, 11) is 0. The Balaban J connectivity index is 1.95. The molecule has 0 amide bonds. The molecule has 1 nitrogen and oxygen atoms in total. The molecule has 2 fully saturated rings. The summed E-state index contributed by atoms with van der Waals surface area (Å²) in [6.45, 7) is 0.999. The van der Waals surface area contributed by atoms with Crippen LogP contribution >= 0.6 is 15.9 Å². The van der Waals surface area contributed by atoms with Crippen LogP contribution in [-0.2, 0) is 4.74 Å². The van der Waals surface area contributed by atoms with Gasteiger partial charge in [-0.05, 0) is 32.1 Å². The molecule has 0 aromatic rings. The van der Waals surface area contributed by atoms with Gasteiger partial charge in [0.1, 0.15) is 0 Å². The molecule has 1 unspecified atom stereocenters. The van der Waals surface area contributed by atoms with E-state index in [1.807, 2.05) is 0 Å². The van der Waals surface area contributed by atoms with E-state index in [0.29, 0.717) is 11.5 Å². The summed E-state index contributed by atoms with van der Waals surface area (Å²) in [5.41, 5.74) is 0.528. The summed E-state index contributed by atoms with van der Waals surface area (Å²) in [4.78, 5) is 0. The van der Waals surface area contributed by atoms with E-state index in [1.54, 1.807) is 0 Å². The molecular weight excluding hydrogens is 216 g/mol. The average Bonchev–Trinajstić information content (AvgIpc) is 2.05. The lowest BCUT2D eigenvalue weighted by molar-refractivity contribution is -0.0910. The first-order valence-electron chi connectivity index (χ1n) is 5.05. The van der Waals surface area contributed by atoms with Crippen molar-refractivity contribution < 1.29 is 4.74 Å². The molecule has 0 radical (unpaired) electrons. The molecule has 2 aliphatic rings. The van der Waals surface area contributed by atoms with Gasteiger partial charge in [-0.2, -0.15) is 0 Å². The zero-order chi connectivity index (χ0) is 8.44. The van der Waals surface area contributed by atoms with Gasteiger partial charge in [0, 0.05) is 17.4 Å². The van der Waals surface area contributed by atoms with Crippen molar-refractivity contribution in [2.45, 2.75) is 44.6 Å². The van der Waals surface area contributed by atoms with Crippen LogP contribution in [0.5, 0.6) is 0 Å². The normalized spacial score (nSPS) is 34.2. The summed E-state index contributed by atoms with van der Waals surface area (Å²) in [6.07, 6.45) is 8.68. The summed E-state index contributed by atoms with van der Waals surface area (Å²) >= 11 is 3.64. The minimum Gasteiger partial charge on any atom is -0.378 e. The zero-order valence-corrected chi connectivity index (χ0v) is 9.11. The van der Waals surface area contributed by atoms with Crippen LogP contribution in [0.25, 0.3) is 0 Å². The molecular formula is C10H17BrO. The van der Waals surface area contributed by atoms with Gasteiger partial charge >= 0.3 is 0 Å². The number of hydrogen-bond acceptors (Lipinski definition) is 1. The van der Waals surface area contributed by atoms with Crippen LogP contribution < -0.4 is 0 Å². The third-order valence-corrected chi connectivity index (χ3v) is 4.59. The summed E-state index contributed by atoms with van der Waals surface area (Å²) in [5, 5.41) is 1.14. The Morgan fingerprint density at radius 3 is 2.50 bits per heavy atom. The van der Waals surface area contributed by atoms with Crippen LogP contribution in [0.2, 0.25) is 0 Å². The maximum absolute atomic E-state index is 5.85. The summed E-state index contributed by atoms with van der Waals surface area (Å²) in [6, 6.07) is 0. The van der Waals surface area contributed by atoms with Crippen LogP contribution in [0.1, 0.15) is 38.5 Å². The van der Waals surface area contributed by atoms with Gasteiger partial charge in [-0.15, -0.1) is 0 Å². The van der Waals surface area contributed by atoms with Crippen molar-refractivity contribution in [3.8, 4) is 0 Å². The average molecular weight is 233 g/mol. The van der Waals surface area contributed by atoms with Gasteiger partial charge in [-0.3, -0.25) is 0 Å². The Bertz CT molecular complexity index is 142. The number of alkyl halides is 1. The predicted molar refractivity (Wildman–Crippen MR) is 53.7 cm³/mol. The van der Waals surface area contributed by atoms with Gasteiger partial charge in [0.05, 0.1) is 6.10 Å². The highest BCUT2D eigenvalue weighted by Gasteiger charge is 2.44. The second kappa shape index (κ2) is 3.67. The first-order chi connectivity index (χ1) is 5.87. The molecule has 0 aromatic carbocycles. The lowest BCUT2D eigenvalue weighted by Gasteiger charge is -2.47. The quantitative estimate of drug-likeness (QED) is 0.666. The maximum Gasteiger partial charge on any atom is 0.0639 e. The third kappa shape index (κ3) is 1.44. The van der Waals surface area contributed by atoms with Crippen LogP contribution in [0.15, 0.2) is 0 Å². The van der Waals surface area contributed by atoms with Gasteiger partial charge in [0.15, 0.2) is 0 Å². The smallest absolute Gasteiger partial charge is 0.0639 e. The summed E-state index contributed by atoms with van der Waals surface area (Å²) < 4.78 is 5.85. The second-order valence-electron chi connectivity index (χ2n) is 4.20. The first-order valence-corrected chi connectivity index (χ1v) is 6.17. The highest BCUT2D eigenvalue weighted by Crippen LogP contribution is 2.48. The molecule has 0 bridgehead atoms. The highest BCUT2D eigenvalue weighted by atomic mass is 79.9. The molecule has 70 valence electrons. The number of hydrogen-bond donors (Lipinski definition) is 0. The number of rotatable bonds is 2. The van der Waals surface area contributed by atoms with Crippen molar-refractivity contribution >= 4 is 15.9 Å². The number of halogens is 1. The lowest BCUT2D eigenvalue weighted by Crippen LogP contribution is -2.45. The van der Waals surface area contributed by atoms with E-state index < -0.39 is 0 Å². The van der Waals surface area contributed by atoms with Crippen LogP contribution in [0.4, 0.5) is 0 Å². The van der Waals surface area contributed by atoms with Crippen molar-refractivity contribution in [1.29, 1.82) is 0 Å². The van der Waals surface area contributed by atoms with E-state index in [9.17, 15) is 0 Å². The molecule has 1 saturated heterocycles. The van der Waals surface area contributed by atoms with Crippen LogP contribution in [0, 0.1) is 5.41 Å². The van der Waals surface area contributed by atoms with E-state index in [1.165, 1.54) is 38.5 Å². The molecule has 2 heteroatoms. The Hall–Kier alpha value is 0.440. The fourth-order valence-corrected chi connectivity index (χ4v) is 3.32. The van der Waals surface area contributed by atoms with E-state index in [0.717, 1.165) is 11.9 Å². The Morgan fingerprint density at radius 2 is 2.08 bits per heavy atom. The highest BCUT2D eigenvalue weighted by molar-refractivity contribution is 9.09. The van der Waals surface area contributed by atoms with E-state index in [4.69, 9.17) is 4.74 Å². The lowest BCUT2D eigenvalue weighted by atomic mass is 9.65. The van der Waals surface area contributed by atoms with Crippen molar-refractivity contribution in [3.63, 3.8) is 0 Å². The molecule has 2 rings (SSSR count). The maximum atomic E-state index is 5.85. The van der Waals surface area contributed by atoms with E-state index in [2.05, 4.69) is 15.9 Å². The first kappa shape index (κ1) is 9.01.